The number of ether oxygens (including phenoxy) is 2. The number of rotatable bonds is 7. The Bertz CT molecular complexity index is 418. The van der Waals surface area contributed by atoms with Crippen LogP contribution in [0.15, 0.2) is 18.2 Å². The van der Waals surface area contributed by atoms with Gasteiger partial charge in [-0.15, -0.1) is 0 Å². The van der Waals surface area contributed by atoms with Crippen molar-refractivity contribution in [1.82, 2.24) is 5.32 Å². The number of carbonyl (C=O) groups excluding carboxylic acids is 1. The van der Waals surface area contributed by atoms with Crippen molar-refractivity contribution in [2.45, 2.75) is 32.9 Å². The summed E-state index contributed by atoms with van der Waals surface area (Å²) in [6, 6.07) is 5.32. The van der Waals surface area contributed by atoms with Crippen molar-refractivity contribution in [3.8, 4) is 11.5 Å². The molecule has 1 rings (SSSR count). The molecule has 1 amide bonds. The Balaban J connectivity index is 2.54. The molecule has 0 bridgehead atoms. The zero-order valence-electron chi connectivity index (χ0n) is 11.6. The molecule has 1 aromatic carbocycles. The van der Waals surface area contributed by atoms with Crippen LogP contribution < -0.4 is 14.8 Å². The molecule has 0 radical (unpaired) electrons. The highest BCUT2D eigenvalue weighted by Gasteiger charge is 2.08. The maximum Gasteiger partial charge on any atom is 0.223 e. The van der Waals surface area contributed by atoms with Crippen LogP contribution in [0.25, 0.3) is 0 Å². The monoisotopic (exact) mass is 267 g/mol. The summed E-state index contributed by atoms with van der Waals surface area (Å²) in [6.07, 6.45) is 0.282. The van der Waals surface area contributed by atoms with Gasteiger partial charge in [-0.2, -0.15) is 0 Å². The van der Waals surface area contributed by atoms with Gasteiger partial charge in [0.2, 0.25) is 5.91 Å². The van der Waals surface area contributed by atoms with Crippen LogP contribution >= 0.6 is 0 Å². The molecule has 0 atom stereocenters. The van der Waals surface area contributed by atoms with Crippen LogP contribution in [0.3, 0.4) is 0 Å². The number of aliphatic hydroxyl groups excluding tert-OH is 1. The van der Waals surface area contributed by atoms with Gasteiger partial charge >= 0.3 is 0 Å². The molecule has 0 aliphatic carbocycles. The first-order valence-electron chi connectivity index (χ1n) is 6.26. The van der Waals surface area contributed by atoms with Crippen LogP contribution in [0.5, 0.6) is 11.5 Å². The van der Waals surface area contributed by atoms with Crippen molar-refractivity contribution in [2.75, 3.05) is 13.7 Å². The van der Waals surface area contributed by atoms with E-state index in [-0.39, 0.29) is 31.6 Å². The van der Waals surface area contributed by atoms with Crippen molar-refractivity contribution in [3.05, 3.63) is 23.8 Å². The third kappa shape index (κ3) is 5.18. The van der Waals surface area contributed by atoms with E-state index < -0.39 is 0 Å². The van der Waals surface area contributed by atoms with E-state index in [4.69, 9.17) is 14.6 Å². The predicted molar refractivity (Wildman–Crippen MR) is 72.3 cm³/mol. The number of nitrogens with one attached hydrogen (secondary N) is 1. The van der Waals surface area contributed by atoms with Crippen LogP contribution in [0.2, 0.25) is 0 Å². The maximum absolute atomic E-state index is 11.5. The fourth-order valence-electron chi connectivity index (χ4n) is 1.58. The number of carbonyl (C=O) groups is 1. The minimum absolute atomic E-state index is 0.0488. The average molecular weight is 267 g/mol. The lowest BCUT2D eigenvalue weighted by molar-refractivity contribution is -0.122. The van der Waals surface area contributed by atoms with Crippen LogP contribution in [-0.2, 0) is 11.4 Å². The number of hydrogen-bond acceptors (Lipinski definition) is 4. The summed E-state index contributed by atoms with van der Waals surface area (Å²) in [5.41, 5.74) is 0.738. The average Bonchev–Trinajstić information content (AvgIpc) is 2.37. The predicted octanol–water partition coefficient (Wildman–Crippen LogP) is 1.48. The zero-order valence-corrected chi connectivity index (χ0v) is 11.6. The fraction of sp³-hybridized carbons (Fsp3) is 0.500. The number of hydrogen-bond donors (Lipinski definition) is 2. The Hall–Kier alpha value is -1.75. The van der Waals surface area contributed by atoms with Crippen molar-refractivity contribution in [2.24, 2.45) is 0 Å². The van der Waals surface area contributed by atoms with Crippen LogP contribution in [-0.4, -0.2) is 30.8 Å². The Morgan fingerprint density at radius 2 is 2.11 bits per heavy atom. The molecule has 0 saturated heterocycles. The largest absolute Gasteiger partial charge is 0.493 e. The molecular weight excluding hydrogens is 246 g/mol. The summed E-state index contributed by atoms with van der Waals surface area (Å²) in [4.78, 5) is 11.5. The fourth-order valence-corrected chi connectivity index (χ4v) is 1.58. The lowest BCUT2D eigenvalue weighted by Crippen LogP contribution is -2.31. The molecule has 5 nitrogen and oxygen atoms in total. The van der Waals surface area contributed by atoms with Gasteiger partial charge in [0, 0.05) is 6.04 Å². The minimum atomic E-state index is -0.0613. The van der Waals surface area contributed by atoms with Gasteiger partial charge in [-0.1, -0.05) is 6.07 Å². The molecule has 0 saturated carbocycles. The molecule has 0 aliphatic heterocycles. The standard InChI is InChI=1S/C14H21NO4/c1-10(2)15-14(17)6-7-19-13-8-11(9-16)4-5-12(13)18-3/h4-5,8,10,16H,6-7,9H2,1-3H3,(H,15,17). The summed E-state index contributed by atoms with van der Waals surface area (Å²) in [7, 11) is 1.55. The third-order valence-electron chi connectivity index (χ3n) is 2.45. The van der Waals surface area contributed by atoms with Gasteiger partial charge in [0.1, 0.15) is 0 Å². The van der Waals surface area contributed by atoms with Crippen molar-refractivity contribution in [3.63, 3.8) is 0 Å². The molecular formula is C14H21NO4. The molecule has 0 unspecified atom stereocenters. The maximum atomic E-state index is 11.5. The van der Waals surface area contributed by atoms with E-state index in [1.807, 2.05) is 13.8 Å². The number of benzene rings is 1. The summed E-state index contributed by atoms with van der Waals surface area (Å²) < 4.78 is 10.7. The topological polar surface area (TPSA) is 67.8 Å². The highest BCUT2D eigenvalue weighted by atomic mass is 16.5. The van der Waals surface area contributed by atoms with Crippen LogP contribution in [0, 0.1) is 0 Å². The van der Waals surface area contributed by atoms with E-state index >= 15 is 0 Å². The Morgan fingerprint density at radius 3 is 2.68 bits per heavy atom. The summed E-state index contributed by atoms with van der Waals surface area (Å²) >= 11 is 0. The molecule has 2 N–H and O–H groups in total. The van der Waals surface area contributed by atoms with Crippen LogP contribution in [0.4, 0.5) is 0 Å². The van der Waals surface area contributed by atoms with E-state index in [0.29, 0.717) is 11.5 Å². The Morgan fingerprint density at radius 1 is 1.37 bits per heavy atom. The first-order chi connectivity index (χ1) is 9.06. The first kappa shape index (κ1) is 15.3. The molecule has 0 spiro atoms. The van der Waals surface area contributed by atoms with Gasteiger partial charge in [0.25, 0.3) is 0 Å². The van der Waals surface area contributed by atoms with Gasteiger partial charge in [0.15, 0.2) is 11.5 Å². The van der Waals surface area contributed by atoms with Crippen LogP contribution in [0.1, 0.15) is 25.8 Å². The second-order valence-corrected chi connectivity index (χ2v) is 4.46. The second kappa shape index (κ2) is 7.63. The zero-order chi connectivity index (χ0) is 14.3. The van der Waals surface area contributed by atoms with E-state index in [1.165, 1.54) is 0 Å². The van der Waals surface area contributed by atoms with Crippen molar-refractivity contribution in [1.29, 1.82) is 0 Å². The smallest absolute Gasteiger partial charge is 0.223 e. The van der Waals surface area contributed by atoms with Gasteiger partial charge in [-0.05, 0) is 31.5 Å². The number of aliphatic hydroxyl groups is 1. The van der Waals surface area contributed by atoms with Crippen molar-refractivity contribution < 1.29 is 19.4 Å². The van der Waals surface area contributed by atoms with E-state index in [9.17, 15) is 4.79 Å². The van der Waals surface area contributed by atoms with Crippen molar-refractivity contribution >= 4 is 5.91 Å². The molecule has 0 aliphatic rings. The van der Waals surface area contributed by atoms with Gasteiger partial charge in [0.05, 0.1) is 26.7 Å². The summed E-state index contributed by atoms with van der Waals surface area (Å²) in [6.45, 7) is 4.02. The van der Waals surface area contributed by atoms with Gasteiger partial charge in [-0.25, -0.2) is 0 Å². The molecule has 5 heteroatoms. The number of methoxy groups -OCH3 is 1. The van der Waals surface area contributed by atoms with E-state index in [2.05, 4.69) is 5.32 Å². The highest BCUT2D eigenvalue weighted by Crippen LogP contribution is 2.28. The third-order valence-corrected chi connectivity index (χ3v) is 2.45. The first-order valence-corrected chi connectivity index (χ1v) is 6.26. The molecule has 0 heterocycles. The number of amides is 1. The quantitative estimate of drug-likeness (QED) is 0.785. The molecule has 1 aromatic rings. The minimum Gasteiger partial charge on any atom is -0.493 e. The highest BCUT2D eigenvalue weighted by molar-refractivity contribution is 5.76. The van der Waals surface area contributed by atoms with Gasteiger partial charge in [-0.3, -0.25) is 4.79 Å². The van der Waals surface area contributed by atoms with Gasteiger partial charge < -0.3 is 19.9 Å². The SMILES string of the molecule is COc1ccc(CO)cc1OCCC(=O)NC(C)C. The lowest BCUT2D eigenvalue weighted by Gasteiger charge is -2.12. The second-order valence-electron chi connectivity index (χ2n) is 4.46. The summed E-state index contributed by atoms with van der Waals surface area (Å²) in [5, 5.41) is 11.9. The van der Waals surface area contributed by atoms with E-state index in [0.717, 1.165) is 5.56 Å². The van der Waals surface area contributed by atoms with E-state index in [1.54, 1.807) is 25.3 Å². The Kier molecular flexibility index (Phi) is 6.15. The molecule has 0 fully saturated rings. The molecule has 0 aromatic heterocycles. The molecule has 106 valence electrons. The Labute approximate surface area is 113 Å². The molecule has 19 heavy (non-hydrogen) atoms. The normalized spacial score (nSPS) is 10.4. The lowest BCUT2D eigenvalue weighted by atomic mass is 10.2. The summed E-state index contributed by atoms with van der Waals surface area (Å²) in [5.74, 6) is 1.07.